The zero-order valence-electron chi connectivity index (χ0n) is 21.3. The highest BCUT2D eigenvalue weighted by molar-refractivity contribution is 5.98. The standard InChI is InChI=1S/C33H27N3O2/c1-21-32(23(3)38-35-21)27-16-17-28-29(25-14-12-24(13-15-25)22(2)37)20-36(31(28)19-27)33(26-9-5-4-6-10-26)30-11-7-8-18-34-30/h4-20,33,37H,2H2,1,3H3/t33-/m0/s1. The van der Waals surface area contributed by atoms with E-state index in [4.69, 9.17) is 9.51 Å². The molecule has 5 heteroatoms. The van der Waals surface area contributed by atoms with E-state index >= 15 is 0 Å². The molecule has 3 aromatic heterocycles. The number of nitrogens with zero attached hydrogens (tertiary/aromatic N) is 3. The van der Waals surface area contributed by atoms with E-state index < -0.39 is 0 Å². The van der Waals surface area contributed by atoms with Crippen LogP contribution >= 0.6 is 0 Å². The van der Waals surface area contributed by atoms with Gasteiger partial charge in [0.1, 0.15) is 17.6 Å². The SMILES string of the molecule is C=C(O)c1ccc(-c2cn([C@@H](c3ccccc3)c3ccccn3)c3cc(-c4c(C)noc4C)ccc23)cc1. The van der Waals surface area contributed by atoms with Crippen molar-refractivity contribution in [2.24, 2.45) is 0 Å². The van der Waals surface area contributed by atoms with Gasteiger partial charge in [0, 0.05) is 34.5 Å². The zero-order chi connectivity index (χ0) is 26.2. The lowest BCUT2D eigenvalue weighted by Gasteiger charge is -2.21. The predicted molar refractivity (Wildman–Crippen MR) is 152 cm³/mol. The maximum atomic E-state index is 9.83. The third kappa shape index (κ3) is 4.08. The normalized spacial score (nSPS) is 12.1. The highest BCUT2D eigenvalue weighted by atomic mass is 16.5. The molecule has 0 aliphatic carbocycles. The lowest BCUT2D eigenvalue weighted by atomic mass is 9.99. The molecule has 0 fully saturated rings. The second-order valence-electron chi connectivity index (χ2n) is 9.47. The number of aromatic nitrogens is 3. The Morgan fingerprint density at radius 1 is 0.895 bits per heavy atom. The van der Waals surface area contributed by atoms with Crippen molar-refractivity contribution in [3.8, 4) is 22.3 Å². The smallest absolute Gasteiger partial charge is 0.141 e. The summed E-state index contributed by atoms with van der Waals surface area (Å²) in [6.07, 6.45) is 4.05. The number of aryl methyl sites for hydroxylation is 2. The maximum Gasteiger partial charge on any atom is 0.141 e. The molecule has 38 heavy (non-hydrogen) atoms. The first-order chi connectivity index (χ1) is 18.5. The van der Waals surface area contributed by atoms with Crippen molar-refractivity contribution in [1.82, 2.24) is 14.7 Å². The third-order valence-corrected chi connectivity index (χ3v) is 7.05. The van der Waals surface area contributed by atoms with Gasteiger partial charge in [0.25, 0.3) is 0 Å². The first-order valence-electron chi connectivity index (χ1n) is 12.5. The Morgan fingerprint density at radius 3 is 2.29 bits per heavy atom. The summed E-state index contributed by atoms with van der Waals surface area (Å²) in [5, 5.41) is 15.1. The molecule has 1 N–H and O–H groups in total. The van der Waals surface area contributed by atoms with E-state index in [9.17, 15) is 5.11 Å². The number of fused-ring (bicyclic) bond motifs is 1. The Labute approximate surface area is 221 Å². The van der Waals surface area contributed by atoms with Crippen LogP contribution in [0, 0.1) is 13.8 Å². The molecule has 0 saturated heterocycles. The summed E-state index contributed by atoms with van der Waals surface area (Å²) in [7, 11) is 0. The average Bonchev–Trinajstić information content (AvgIpc) is 3.49. The molecule has 6 rings (SSSR count). The zero-order valence-corrected chi connectivity index (χ0v) is 21.3. The number of hydrogen-bond donors (Lipinski definition) is 1. The van der Waals surface area contributed by atoms with E-state index in [-0.39, 0.29) is 11.8 Å². The van der Waals surface area contributed by atoms with Gasteiger partial charge in [-0.1, -0.05) is 84.5 Å². The second kappa shape index (κ2) is 9.52. The molecule has 0 spiro atoms. The molecular weight excluding hydrogens is 470 g/mol. The fourth-order valence-electron chi connectivity index (χ4n) is 5.23. The fraction of sp³-hybridized carbons (Fsp3) is 0.0909. The Balaban J connectivity index is 1.63. The van der Waals surface area contributed by atoms with Crippen LogP contribution in [-0.4, -0.2) is 19.8 Å². The van der Waals surface area contributed by atoms with Crippen molar-refractivity contribution in [3.63, 3.8) is 0 Å². The number of rotatable bonds is 6. The van der Waals surface area contributed by atoms with E-state index in [0.29, 0.717) is 5.56 Å². The predicted octanol–water partition coefficient (Wildman–Crippen LogP) is 8.14. The molecule has 0 aliphatic heterocycles. The van der Waals surface area contributed by atoms with Crippen molar-refractivity contribution in [3.05, 3.63) is 138 Å². The van der Waals surface area contributed by atoms with Crippen LogP contribution in [0.15, 0.2) is 114 Å². The van der Waals surface area contributed by atoms with Gasteiger partial charge in [-0.2, -0.15) is 0 Å². The number of benzene rings is 3. The molecule has 0 unspecified atom stereocenters. The molecular formula is C33H27N3O2. The van der Waals surface area contributed by atoms with Gasteiger partial charge in [0.15, 0.2) is 0 Å². The van der Waals surface area contributed by atoms with E-state index in [1.165, 1.54) is 0 Å². The summed E-state index contributed by atoms with van der Waals surface area (Å²) in [5.74, 6) is 0.853. The van der Waals surface area contributed by atoms with Gasteiger partial charge in [-0.15, -0.1) is 0 Å². The van der Waals surface area contributed by atoms with E-state index in [1.54, 1.807) is 0 Å². The molecule has 0 saturated carbocycles. The van der Waals surface area contributed by atoms with Crippen LogP contribution in [0.3, 0.4) is 0 Å². The molecule has 0 radical (unpaired) electrons. The van der Waals surface area contributed by atoms with Crippen LogP contribution in [0.25, 0.3) is 38.9 Å². The van der Waals surface area contributed by atoms with Crippen LogP contribution < -0.4 is 0 Å². The summed E-state index contributed by atoms with van der Waals surface area (Å²) in [6, 6.07) is 30.7. The summed E-state index contributed by atoms with van der Waals surface area (Å²) in [4.78, 5) is 4.77. The molecule has 3 heterocycles. The van der Waals surface area contributed by atoms with Gasteiger partial charge in [-0.3, -0.25) is 4.98 Å². The van der Waals surface area contributed by atoms with Gasteiger partial charge in [0.05, 0.1) is 16.9 Å². The van der Waals surface area contributed by atoms with Gasteiger partial charge in [-0.05, 0) is 48.7 Å². The number of pyridine rings is 1. The molecule has 3 aromatic carbocycles. The molecule has 0 bridgehead atoms. The number of hydrogen-bond acceptors (Lipinski definition) is 4. The quantitative estimate of drug-likeness (QED) is 0.236. The fourth-order valence-corrected chi connectivity index (χ4v) is 5.23. The minimum atomic E-state index is -0.134. The first-order valence-corrected chi connectivity index (χ1v) is 12.5. The maximum absolute atomic E-state index is 9.83. The molecule has 6 aromatic rings. The van der Waals surface area contributed by atoms with Gasteiger partial charge >= 0.3 is 0 Å². The van der Waals surface area contributed by atoms with Crippen LogP contribution in [0.1, 0.15) is 34.3 Å². The monoisotopic (exact) mass is 497 g/mol. The Bertz CT molecular complexity index is 1690. The number of aliphatic hydroxyl groups excluding tert-OH is 1. The lowest BCUT2D eigenvalue weighted by molar-refractivity contribution is 0.393. The molecule has 0 aliphatic rings. The van der Waals surface area contributed by atoms with Gasteiger partial charge in [0.2, 0.25) is 0 Å². The average molecular weight is 498 g/mol. The van der Waals surface area contributed by atoms with Gasteiger partial charge < -0.3 is 14.2 Å². The third-order valence-electron chi connectivity index (χ3n) is 7.05. The number of aliphatic hydroxyl groups is 1. The summed E-state index contributed by atoms with van der Waals surface area (Å²) < 4.78 is 7.80. The van der Waals surface area contributed by atoms with Crippen LogP contribution in [0.2, 0.25) is 0 Å². The Hall–Kier alpha value is -4.90. The van der Waals surface area contributed by atoms with Crippen LogP contribution in [0.5, 0.6) is 0 Å². The molecule has 1 atom stereocenters. The first kappa shape index (κ1) is 23.5. The summed E-state index contributed by atoms with van der Waals surface area (Å²) in [5.41, 5.74) is 8.96. The lowest BCUT2D eigenvalue weighted by Crippen LogP contribution is -2.12. The van der Waals surface area contributed by atoms with E-state index in [2.05, 4.69) is 71.0 Å². The Kier molecular flexibility index (Phi) is 5.89. The summed E-state index contributed by atoms with van der Waals surface area (Å²) in [6.45, 7) is 7.57. The minimum Gasteiger partial charge on any atom is -0.508 e. The van der Waals surface area contributed by atoms with E-state index in [0.717, 1.165) is 55.9 Å². The highest BCUT2D eigenvalue weighted by Gasteiger charge is 2.23. The molecule has 186 valence electrons. The highest BCUT2D eigenvalue weighted by Crippen LogP contribution is 2.39. The minimum absolute atomic E-state index is 0.0578. The summed E-state index contributed by atoms with van der Waals surface area (Å²) >= 11 is 0. The van der Waals surface area contributed by atoms with Crippen LogP contribution in [0.4, 0.5) is 0 Å². The van der Waals surface area contributed by atoms with Crippen molar-refractivity contribution in [2.45, 2.75) is 19.9 Å². The molecule has 0 amide bonds. The van der Waals surface area contributed by atoms with Crippen molar-refractivity contribution >= 4 is 16.7 Å². The Morgan fingerprint density at radius 2 is 1.63 bits per heavy atom. The largest absolute Gasteiger partial charge is 0.508 e. The topological polar surface area (TPSA) is 64.1 Å². The van der Waals surface area contributed by atoms with E-state index in [1.807, 2.05) is 62.5 Å². The van der Waals surface area contributed by atoms with Crippen molar-refractivity contribution in [2.75, 3.05) is 0 Å². The van der Waals surface area contributed by atoms with Crippen molar-refractivity contribution < 1.29 is 9.63 Å². The van der Waals surface area contributed by atoms with Crippen molar-refractivity contribution in [1.29, 1.82) is 0 Å². The molecule has 5 nitrogen and oxygen atoms in total. The second-order valence-corrected chi connectivity index (χ2v) is 9.47. The van der Waals surface area contributed by atoms with Gasteiger partial charge in [-0.25, -0.2) is 0 Å². The van der Waals surface area contributed by atoms with Crippen LogP contribution in [-0.2, 0) is 0 Å².